The van der Waals surface area contributed by atoms with Crippen molar-refractivity contribution in [1.82, 2.24) is 4.90 Å². The predicted octanol–water partition coefficient (Wildman–Crippen LogP) is 2.37. The van der Waals surface area contributed by atoms with Gasteiger partial charge in [0.2, 0.25) is 5.91 Å². The standard InChI is InChI=1S/C20H23NO6/c1-12-15-6-5-14(26-2)10-17(15)27-20(25)16(12)7-8-18(22)21-9-3-4-13(11-21)19(23)24/h5-6,10,13H,3-4,7-9,11H2,1-2H3,(H,23,24)/t13-/m1/s1. The Balaban J connectivity index is 1.76. The zero-order valence-corrected chi connectivity index (χ0v) is 15.5. The van der Waals surface area contributed by atoms with E-state index in [0.29, 0.717) is 36.3 Å². The van der Waals surface area contributed by atoms with Gasteiger partial charge in [0.05, 0.1) is 13.0 Å². The summed E-state index contributed by atoms with van der Waals surface area (Å²) in [5.74, 6) is -0.903. The Hall–Kier alpha value is -2.83. The lowest BCUT2D eigenvalue weighted by molar-refractivity contribution is -0.145. The number of aliphatic carboxylic acids is 1. The summed E-state index contributed by atoms with van der Waals surface area (Å²) < 4.78 is 10.6. The quantitative estimate of drug-likeness (QED) is 0.808. The van der Waals surface area contributed by atoms with Crippen LogP contribution in [0.4, 0.5) is 0 Å². The van der Waals surface area contributed by atoms with E-state index >= 15 is 0 Å². The minimum absolute atomic E-state index is 0.130. The molecule has 7 nitrogen and oxygen atoms in total. The molecule has 2 aromatic rings. The largest absolute Gasteiger partial charge is 0.497 e. The van der Waals surface area contributed by atoms with Crippen LogP contribution >= 0.6 is 0 Å². The van der Waals surface area contributed by atoms with Crippen LogP contribution in [0.5, 0.6) is 5.75 Å². The highest BCUT2D eigenvalue weighted by molar-refractivity contribution is 5.83. The molecule has 0 saturated carbocycles. The van der Waals surface area contributed by atoms with E-state index in [2.05, 4.69) is 0 Å². The molecule has 2 heterocycles. The van der Waals surface area contributed by atoms with Crippen molar-refractivity contribution in [3.8, 4) is 5.75 Å². The van der Waals surface area contributed by atoms with E-state index in [4.69, 9.17) is 14.3 Å². The topological polar surface area (TPSA) is 97.0 Å². The number of rotatable bonds is 5. The average Bonchev–Trinajstić information content (AvgIpc) is 2.67. The minimum Gasteiger partial charge on any atom is -0.497 e. The zero-order valence-electron chi connectivity index (χ0n) is 15.5. The van der Waals surface area contributed by atoms with E-state index in [0.717, 1.165) is 10.9 Å². The summed E-state index contributed by atoms with van der Waals surface area (Å²) in [6.45, 7) is 2.64. The number of carbonyl (C=O) groups excluding carboxylic acids is 1. The number of carboxylic acid groups (broad SMARTS) is 1. The molecule has 1 N–H and O–H groups in total. The third-order valence-electron chi connectivity index (χ3n) is 5.21. The molecule has 0 bridgehead atoms. The molecule has 1 aromatic heterocycles. The molecule has 1 aliphatic heterocycles. The Morgan fingerprint density at radius 3 is 2.85 bits per heavy atom. The molecule has 1 atom stereocenters. The van der Waals surface area contributed by atoms with Crippen LogP contribution in [0, 0.1) is 12.8 Å². The second kappa shape index (κ2) is 7.82. The molecule has 0 aliphatic carbocycles. The summed E-state index contributed by atoms with van der Waals surface area (Å²) in [6.07, 6.45) is 1.69. The van der Waals surface area contributed by atoms with Crippen LogP contribution in [-0.4, -0.2) is 42.1 Å². The van der Waals surface area contributed by atoms with Crippen LogP contribution in [0.1, 0.15) is 30.4 Å². The fraction of sp³-hybridized carbons (Fsp3) is 0.450. The molecule has 0 radical (unpaired) electrons. The Kier molecular flexibility index (Phi) is 5.48. The summed E-state index contributed by atoms with van der Waals surface area (Å²) in [7, 11) is 1.54. The van der Waals surface area contributed by atoms with Gasteiger partial charge in [-0.2, -0.15) is 0 Å². The zero-order chi connectivity index (χ0) is 19.6. The lowest BCUT2D eigenvalue weighted by Crippen LogP contribution is -2.42. The summed E-state index contributed by atoms with van der Waals surface area (Å²) in [4.78, 5) is 37.6. The van der Waals surface area contributed by atoms with Gasteiger partial charge in [-0.15, -0.1) is 0 Å². The van der Waals surface area contributed by atoms with Crippen molar-refractivity contribution in [2.45, 2.75) is 32.6 Å². The molecule has 0 unspecified atom stereocenters. The number of likely N-dealkylation sites (tertiary alicyclic amines) is 1. The molecule has 144 valence electrons. The lowest BCUT2D eigenvalue weighted by atomic mass is 9.97. The van der Waals surface area contributed by atoms with Gasteiger partial charge < -0.3 is 19.2 Å². The van der Waals surface area contributed by atoms with E-state index in [1.54, 1.807) is 24.1 Å². The molecular formula is C20H23NO6. The Morgan fingerprint density at radius 1 is 1.37 bits per heavy atom. The third-order valence-corrected chi connectivity index (χ3v) is 5.21. The van der Waals surface area contributed by atoms with Gasteiger partial charge in [-0.1, -0.05) is 0 Å². The van der Waals surface area contributed by atoms with Crippen molar-refractivity contribution in [1.29, 1.82) is 0 Å². The monoisotopic (exact) mass is 373 g/mol. The molecule has 7 heteroatoms. The first kappa shape index (κ1) is 18.9. The van der Waals surface area contributed by atoms with E-state index < -0.39 is 17.5 Å². The van der Waals surface area contributed by atoms with Crippen molar-refractivity contribution in [2.75, 3.05) is 20.2 Å². The average molecular weight is 373 g/mol. The van der Waals surface area contributed by atoms with Gasteiger partial charge in [0.25, 0.3) is 0 Å². The summed E-state index contributed by atoms with van der Waals surface area (Å²) in [5, 5.41) is 9.96. The highest BCUT2D eigenvalue weighted by Crippen LogP contribution is 2.25. The highest BCUT2D eigenvalue weighted by Gasteiger charge is 2.28. The van der Waals surface area contributed by atoms with Crippen molar-refractivity contribution in [2.24, 2.45) is 5.92 Å². The maximum Gasteiger partial charge on any atom is 0.339 e. The van der Waals surface area contributed by atoms with Crippen LogP contribution in [0.25, 0.3) is 11.0 Å². The van der Waals surface area contributed by atoms with Crippen LogP contribution in [0.3, 0.4) is 0 Å². The molecule has 1 fully saturated rings. The maximum atomic E-state index is 12.5. The first-order valence-corrected chi connectivity index (χ1v) is 9.01. The third kappa shape index (κ3) is 3.97. The van der Waals surface area contributed by atoms with Gasteiger partial charge in [0.1, 0.15) is 11.3 Å². The number of benzene rings is 1. The smallest absolute Gasteiger partial charge is 0.339 e. The van der Waals surface area contributed by atoms with Crippen LogP contribution in [0.15, 0.2) is 27.4 Å². The predicted molar refractivity (Wildman–Crippen MR) is 99.0 cm³/mol. The number of methoxy groups -OCH3 is 1. The summed E-state index contributed by atoms with van der Waals surface area (Å²) >= 11 is 0. The van der Waals surface area contributed by atoms with Crippen molar-refractivity contribution < 1.29 is 23.8 Å². The number of nitrogens with zero attached hydrogens (tertiary/aromatic N) is 1. The highest BCUT2D eigenvalue weighted by atomic mass is 16.5. The normalized spacial score (nSPS) is 17.1. The fourth-order valence-electron chi connectivity index (χ4n) is 3.59. The SMILES string of the molecule is COc1ccc2c(C)c(CCC(=O)N3CCC[C@@H](C(=O)O)C3)c(=O)oc2c1. The number of aryl methyl sites for hydroxylation is 1. The second-order valence-corrected chi connectivity index (χ2v) is 6.87. The van der Waals surface area contributed by atoms with Gasteiger partial charge in [-0.3, -0.25) is 9.59 Å². The molecule has 1 aliphatic rings. The summed E-state index contributed by atoms with van der Waals surface area (Å²) in [5.41, 5.74) is 1.27. The Labute approximate surface area is 156 Å². The molecule has 1 amide bonds. The van der Waals surface area contributed by atoms with Crippen molar-refractivity contribution in [3.05, 3.63) is 39.7 Å². The van der Waals surface area contributed by atoms with Gasteiger partial charge in [0.15, 0.2) is 0 Å². The number of hydrogen-bond donors (Lipinski definition) is 1. The van der Waals surface area contributed by atoms with Crippen LogP contribution in [-0.2, 0) is 16.0 Å². The van der Waals surface area contributed by atoms with Crippen molar-refractivity contribution in [3.63, 3.8) is 0 Å². The molecule has 1 aromatic carbocycles. The maximum absolute atomic E-state index is 12.5. The number of amides is 1. The fourth-order valence-corrected chi connectivity index (χ4v) is 3.59. The van der Waals surface area contributed by atoms with Gasteiger partial charge in [0, 0.05) is 36.5 Å². The number of carboxylic acids is 1. The lowest BCUT2D eigenvalue weighted by Gasteiger charge is -2.30. The van der Waals surface area contributed by atoms with E-state index in [9.17, 15) is 14.4 Å². The minimum atomic E-state index is -0.867. The molecule has 3 rings (SSSR count). The molecule has 27 heavy (non-hydrogen) atoms. The van der Waals surface area contributed by atoms with Crippen molar-refractivity contribution >= 4 is 22.8 Å². The molecular weight excluding hydrogens is 350 g/mol. The molecule has 0 spiro atoms. The number of fused-ring (bicyclic) bond motifs is 1. The first-order chi connectivity index (χ1) is 12.9. The van der Waals surface area contributed by atoms with E-state index in [1.807, 2.05) is 13.0 Å². The molecule has 1 saturated heterocycles. The van der Waals surface area contributed by atoms with Gasteiger partial charge in [-0.05, 0) is 43.9 Å². The Bertz CT molecular complexity index is 932. The van der Waals surface area contributed by atoms with Crippen LogP contribution in [0.2, 0.25) is 0 Å². The van der Waals surface area contributed by atoms with E-state index in [-0.39, 0.29) is 25.3 Å². The first-order valence-electron chi connectivity index (χ1n) is 9.01. The second-order valence-electron chi connectivity index (χ2n) is 6.87. The number of hydrogen-bond acceptors (Lipinski definition) is 5. The Morgan fingerprint density at radius 2 is 2.15 bits per heavy atom. The van der Waals surface area contributed by atoms with Gasteiger partial charge in [-0.25, -0.2) is 4.79 Å². The van der Waals surface area contributed by atoms with Crippen LogP contribution < -0.4 is 10.4 Å². The number of ether oxygens (including phenoxy) is 1. The number of piperidine rings is 1. The summed E-state index contributed by atoms with van der Waals surface area (Å²) in [6, 6.07) is 5.29. The van der Waals surface area contributed by atoms with Gasteiger partial charge >= 0.3 is 11.6 Å². The van der Waals surface area contributed by atoms with E-state index in [1.165, 1.54) is 0 Å². The number of carbonyl (C=O) groups is 2.